The number of hydrogen-bond donors (Lipinski definition) is 2. The van der Waals surface area contributed by atoms with Crippen molar-refractivity contribution in [2.45, 2.75) is 26.2 Å². The molecule has 0 unspecified atom stereocenters. The molecular formula is C18H29IN4O. The predicted molar refractivity (Wildman–Crippen MR) is 111 cm³/mol. The second-order valence-electron chi connectivity index (χ2n) is 6.43. The second-order valence-corrected chi connectivity index (χ2v) is 6.43. The van der Waals surface area contributed by atoms with Gasteiger partial charge in [-0.3, -0.25) is 4.99 Å². The van der Waals surface area contributed by atoms with Gasteiger partial charge in [-0.25, -0.2) is 0 Å². The minimum Gasteiger partial charge on any atom is -0.506 e. The molecule has 2 fully saturated rings. The van der Waals surface area contributed by atoms with Crippen LogP contribution in [0.25, 0.3) is 0 Å². The van der Waals surface area contributed by atoms with Crippen molar-refractivity contribution in [1.29, 1.82) is 0 Å². The maximum atomic E-state index is 10.0. The van der Waals surface area contributed by atoms with Gasteiger partial charge in [0.05, 0.1) is 5.69 Å². The molecule has 0 amide bonds. The molecule has 1 aliphatic heterocycles. The summed E-state index contributed by atoms with van der Waals surface area (Å²) in [5.74, 6) is 2.34. The number of aliphatic imine (C=N–C) groups is 1. The SMILES string of the molecule is CCNC(=NCCC1CC1)N1CCN(c2ccccc2O)CC1.I. The van der Waals surface area contributed by atoms with Crippen LogP contribution in [0.1, 0.15) is 26.2 Å². The average Bonchev–Trinajstić information content (AvgIpc) is 3.39. The number of hydrogen-bond acceptors (Lipinski definition) is 3. The van der Waals surface area contributed by atoms with E-state index in [2.05, 4.69) is 22.0 Å². The Labute approximate surface area is 162 Å². The van der Waals surface area contributed by atoms with Crippen molar-refractivity contribution in [2.24, 2.45) is 10.9 Å². The third-order valence-corrected chi connectivity index (χ3v) is 4.63. The molecule has 1 saturated carbocycles. The molecule has 5 nitrogen and oxygen atoms in total. The zero-order valence-corrected chi connectivity index (χ0v) is 16.8. The molecule has 1 aliphatic carbocycles. The van der Waals surface area contributed by atoms with Gasteiger partial charge in [0.2, 0.25) is 0 Å². The van der Waals surface area contributed by atoms with E-state index < -0.39 is 0 Å². The molecule has 3 rings (SSSR count). The molecule has 24 heavy (non-hydrogen) atoms. The summed E-state index contributed by atoms with van der Waals surface area (Å²) in [6.07, 6.45) is 4.02. The average molecular weight is 444 g/mol. The number of phenols is 1. The molecule has 0 bridgehead atoms. The molecule has 0 aromatic heterocycles. The molecular weight excluding hydrogens is 415 g/mol. The smallest absolute Gasteiger partial charge is 0.194 e. The molecule has 134 valence electrons. The summed E-state index contributed by atoms with van der Waals surface area (Å²) in [5, 5.41) is 13.4. The lowest BCUT2D eigenvalue weighted by molar-refractivity contribution is 0.369. The van der Waals surface area contributed by atoms with Crippen molar-refractivity contribution >= 4 is 35.6 Å². The fraction of sp³-hybridized carbons (Fsp3) is 0.611. The van der Waals surface area contributed by atoms with E-state index in [-0.39, 0.29) is 24.0 Å². The number of piperazine rings is 1. The Balaban J connectivity index is 0.00000208. The van der Waals surface area contributed by atoms with Crippen LogP contribution in [0.2, 0.25) is 0 Å². The number of nitrogens with one attached hydrogen (secondary N) is 1. The first-order chi connectivity index (χ1) is 11.3. The summed E-state index contributed by atoms with van der Waals surface area (Å²) >= 11 is 0. The van der Waals surface area contributed by atoms with Gasteiger partial charge in [0, 0.05) is 39.3 Å². The van der Waals surface area contributed by atoms with Crippen LogP contribution < -0.4 is 10.2 Å². The fourth-order valence-electron chi connectivity index (χ4n) is 3.08. The standard InChI is InChI=1S/C18H28N4O.HI/c1-2-19-18(20-10-9-15-7-8-15)22-13-11-21(12-14-22)16-5-3-4-6-17(16)23;/h3-6,15,23H,2,7-14H2,1H3,(H,19,20);1H. The zero-order valence-electron chi connectivity index (χ0n) is 14.4. The number of benzene rings is 1. The van der Waals surface area contributed by atoms with Gasteiger partial charge in [-0.2, -0.15) is 0 Å². The number of anilines is 1. The Bertz CT molecular complexity index is 540. The van der Waals surface area contributed by atoms with E-state index in [9.17, 15) is 5.11 Å². The van der Waals surface area contributed by atoms with Crippen molar-refractivity contribution in [3.63, 3.8) is 0 Å². The highest BCUT2D eigenvalue weighted by molar-refractivity contribution is 14.0. The highest BCUT2D eigenvalue weighted by atomic mass is 127. The molecule has 6 heteroatoms. The van der Waals surface area contributed by atoms with Crippen LogP contribution in [0.5, 0.6) is 5.75 Å². The number of aromatic hydroxyl groups is 1. The van der Waals surface area contributed by atoms with E-state index in [0.717, 1.165) is 56.8 Å². The first-order valence-corrected chi connectivity index (χ1v) is 8.84. The number of para-hydroxylation sites is 2. The molecule has 1 heterocycles. The van der Waals surface area contributed by atoms with E-state index in [4.69, 9.17) is 4.99 Å². The Hall–Kier alpha value is -1.18. The molecule has 1 aromatic carbocycles. The third kappa shape index (κ3) is 5.16. The highest BCUT2D eigenvalue weighted by Crippen LogP contribution is 2.32. The van der Waals surface area contributed by atoms with Crippen molar-refractivity contribution < 1.29 is 5.11 Å². The highest BCUT2D eigenvalue weighted by Gasteiger charge is 2.22. The lowest BCUT2D eigenvalue weighted by Gasteiger charge is -2.37. The van der Waals surface area contributed by atoms with Crippen LogP contribution in [0, 0.1) is 5.92 Å². The van der Waals surface area contributed by atoms with Crippen molar-refractivity contribution in [3.05, 3.63) is 24.3 Å². The quantitative estimate of drug-likeness (QED) is 0.417. The second kappa shape index (κ2) is 9.34. The van der Waals surface area contributed by atoms with Crippen LogP contribution in [-0.4, -0.2) is 55.2 Å². The maximum Gasteiger partial charge on any atom is 0.194 e. The molecule has 0 spiro atoms. The summed E-state index contributed by atoms with van der Waals surface area (Å²) in [4.78, 5) is 9.39. The van der Waals surface area contributed by atoms with Crippen LogP contribution in [0.15, 0.2) is 29.3 Å². The van der Waals surface area contributed by atoms with Gasteiger partial charge in [-0.15, -0.1) is 24.0 Å². The zero-order chi connectivity index (χ0) is 16.1. The summed E-state index contributed by atoms with van der Waals surface area (Å²) in [5.41, 5.74) is 0.933. The topological polar surface area (TPSA) is 51.1 Å². The summed E-state index contributed by atoms with van der Waals surface area (Å²) in [6, 6.07) is 7.58. The van der Waals surface area contributed by atoms with Crippen LogP contribution >= 0.6 is 24.0 Å². The molecule has 2 N–H and O–H groups in total. The van der Waals surface area contributed by atoms with Crippen molar-refractivity contribution in [2.75, 3.05) is 44.2 Å². The number of halogens is 1. The molecule has 2 aliphatic rings. The Morgan fingerprint density at radius 3 is 2.54 bits per heavy atom. The van der Waals surface area contributed by atoms with Gasteiger partial charge in [-0.05, 0) is 31.4 Å². The van der Waals surface area contributed by atoms with Gasteiger partial charge >= 0.3 is 0 Å². The Kier molecular flexibility index (Phi) is 7.45. The third-order valence-electron chi connectivity index (χ3n) is 4.63. The van der Waals surface area contributed by atoms with E-state index in [0.29, 0.717) is 5.75 Å². The number of phenolic OH excluding ortho intramolecular Hbond substituents is 1. The minimum atomic E-state index is 0. The summed E-state index contributed by atoms with van der Waals surface area (Å²) in [7, 11) is 0. The maximum absolute atomic E-state index is 10.0. The van der Waals surface area contributed by atoms with Gasteiger partial charge in [0.25, 0.3) is 0 Å². The van der Waals surface area contributed by atoms with Crippen molar-refractivity contribution in [3.8, 4) is 5.75 Å². The molecule has 1 saturated heterocycles. The summed E-state index contributed by atoms with van der Waals surface area (Å²) in [6.45, 7) is 7.64. The Morgan fingerprint density at radius 1 is 1.21 bits per heavy atom. The molecule has 1 aromatic rings. The van der Waals surface area contributed by atoms with E-state index in [1.165, 1.54) is 19.3 Å². The number of guanidine groups is 1. The lowest BCUT2D eigenvalue weighted by Crippen LogP contribution is -2.52. The largest absolute Gasteiger partial charge is 0.506 e. The van der Waals surface area contributed by atoms with Gasteiger partial charge < -0.3 is 20.2 Å². The number of nitrogens with zero attached hydrogens (tertiary/aromatic N) is 3. The normalized spacial score (nSPS) is 18.3. The van der Waals surface area contributed by atoms with Gasteiger partial charge in [0.1, 0.15) is 5.75 Å². The monoisotopic (exact) mass is 444 g/mol. The first kappa shape index (κ1) is 19.1. The summed E-state index contributed by atoms with van der Waals surface area (Å²) < 4.78 is 0. The van der Waals surface area contributed by atoms with Gasteiger partial charge in [-0.1, -0.05) is 25.0 Å². The lowest BCUT2D eigenvalue weighted by atomic mass is 10.2. The van der Waals surface area contributed by atoms with Crippen LogP contribution in [0.4, 0.5) is 5.69 Å². The number of rotatable bonds is 5. The van der Waals surface area contributed by atoms with E-state index in [1.54, 1.807) is 6.07 Å². The van der Waals surface area contributed by atoms with E-state index >= 15 is 0 Å². The first-order valence-electron chi connectivity index (χ1n) is 8.84. The fourth-order valence-corrected chi connectivity index (χ4v) is 3.08. The minimum absolute atomic E-state index is 0. The molecule has 0 atom stereocenters. The van der Waals surface area contributed by atoms with Crippen LogP contribution in [0.3, 0.4) is 0 Å². The van der Waals surface area contributed by atoms with Crippen LogP contribution in [-0.2, 0) is 0 Å². The molecule has 0 radical (unpaired) electrons. The predicted octanol–water partition coefficient (Wildman–Crippen LogP) is 2.90. The van der Waals surface area contributed by atoms with Crippen molar-refractivity contribution in [1.82, 2.24) is 10.2 Å². The van der Waals surface area contributed by atoms with Gasteiger partial charge in [0.15, 0.2) is 5.96 Å². The van der Waals surface area contributed by atoms with E-state index in [1.807, 2.05) is 18.2 Å². The Morgan fingerprint density at radius 2 is 1.92 bits per heavy atom.